The minimum Gasteiger partial charge on any atom is -0.498 e. The molecule has 48 valence electrons. The maximum Gasteiger partial charge on any atom is 0.128 e. The molecule has 0 atom stereocenters. The summed E-state index contributed by atoms with van der Waals surface area (Å²) < 4.78 is 9.59. The van der Waals surface area contributed by atoms with Crippen molar-refractivity contribution in [3.05, 3.63) is 10.7 Å². The summed E-state index contributed by atoms with van der Waals surface area (Å²) in [5.41, 5.74) is 0. The van der Waals surface area contributed by atoms with E-state index in [0.717, 1.165) is 5.76 Å². The maximum absolute atomic E-state index is 4.83. The fraction of sp³-hybridized carbons (Fsp3) is 0.600. The highest BCUT2D eigenvalue weighted by Gasteiger charge is 1.89. The van der Waals surface area contributed by atoms with Crippen LogP contribution in [0.25, 0.3) is 0 Å². The summed E-state index contributed by atoms with van der Waals surface area (Å²) >= 11 is 3.11. The van der Waals surface area contributed by atoms with E-state index in [1.807, 2.05) is 0 Å². The largest absolute Gasteiger partial charge is 0.498 e. The summed E-state index contributed by atoms with van der Waals surface area (Å²) in [6.07, 6.45) is 0. The number of halogens is 1. The zero-order valence-electron chi connectivity index (χ0n) is 4.98. The molecule has 0 aliphatic rings. The molecule has 0 saturated carbocycles. The monoisotopic (exact) mass is 180 g/mol. The van der Waals surface area contributed by atoms with Crippen LogP contribution >= 0.6 is 15.9 Å². The minimum absolute atomic E-state index is 0.516. The Morgan fingerprint density at radius 3 is 2.38 bits per heavy atom. The van der Waals surface area contributed by atoms with Gasteiger partial charge in [-0.1, -0.05) is 15.9 Å². The van der Waals surface area contributed by atoms with E-state index < -0.39 is 0 Å². The lowest BCUT2D eigenvalue weighted by Crippen LogP contribution is -1.94. The molecule has 0 radical (unpaired) electrons. The second-order valence-electron chi connectivity index (χ2n) is 1.21. The molecule has 0 aliphatic heterocycles. The van der Waals surface area contributed by atoms with Crippen LogP contribution < -0.4 is 0 Å². The molecule has 0 heterocycles. The van der Waals surface area contributed by atoms with Crippen LogP contribution in [0.3, 0.4) is 0 Å². The summed E-state index contributed by atoms with van der Waals surface area (Å²) in [6, 6.07) is 0. The van der Waals surface area contributed by atoms with Gasteiger partial charge in [-0.05, 0) is 0 Å². The third-order valence-corrected chi connectivity index (χ3v) is 1.18. The molecule has 0 aromatic carbocycles. The van der Waals surface area contributed by atoms with Gasteiger partial charge in [0.1, 0.15) is 12.4 Å². The molecule has 0 aromatic heterocycles. The summed E-state index contributed by atoms with van der Waals surface area (Å²) in [5, 5.41) is 0. The van der Waals surface area contributed by atoms with Gasteiger partial charge in [0.05, 0.1) is 7.11 Å². The SMILES string of the molecule is COC/C(=C/Br)OC. The van der Waals surface area contributed by atoms with Gasteiger partial charge >= 0.3 is 0 Å². The van der Waals surface area contributed by atoms with Gasteiger partial charge in [0.25, 0.3) is 0 Å². The molecular weight excluding hydrogens is 172 g/mol. The Kier molecular flexibility index (Phi) is 5.11. The van der Waals surface area contributed by atoms with E-state index in [0.29, 0.717) is 6.61 Å². The summed E-state index contributed by atoms with van der Waals surface area (Å²) in [5.74, 6) is 0.785. The van der Waals surface area contributed by atoms with Crippen LogP contribution in [-0.2, 0) is 9.47 Å². The molecule has 0 amide bonds. The normalized spacial score (nSPS) is 11.6. The van der Waals surface area contributed by atoms with Crippen molar-refractivity contribution in [3.63, 3.8) is 0 Å². The van der Waals surface area contributed by atoms with Crippen LogP contribution in [0.1, 0.15) is 0 Å². The van der Waals surface area contributed by atoms with Gasteiger partial charge in [0.15, 0.2) is 0 Å². The van der Waals surface area contributed by atoms with E-state index in [1.165, 1.54) is 0 Å². The van der Waals surface area contributed by atoms with Gasteiger partial charge in [0.2, 0.25) is 0 Å². The van der Waals surface area contributed by atoms with Gasteiger partial charge in [0, 0.05) is 12.1 Å². The minimum atomic E-state index is 0.516. The topological polar surface area (TPSA) is 18.5 Å². The summed E-state index contributed by atoms with van der Waals surface area (Å²) in [4.78, 5) is 1.69. The molecule has 0 unspecified atom stereocenters. The molecule has 0 rings (SSSR count). The Hall–Kier alpha value is -0.0200. The fourth-order valence-electron chi connectivity index (χ4n) is 0.277. The fourth-order valence-corrected chi connectivity index (χ4v) is 0.596. The van der Waals surface area contributed by atoms with Crippen LogP contribution in [0.5, 0.6) is 0 Å². The van der Waals surface area contributed by atoms with Gasteiger partial charge in [-0.15, -0.1) is 0 Å². The smallest absolute Gasteiger partial charge is 0.128 e. The van der Waals surface area contributed by atoms with Crippen molar-refractivity contribution < 1.29 is 9.47 Å². The molecular formula is C5H9BrO2. The Morgan fingerprint density at radius 1 is 1.62 bits per heavy atom. The average molecular weight is 181 g/mol. The van der Waals surface area contributed by atoms with Gasteiger partial charge in [-0.2, -0.15) is 0 Å². The Labute approximate surface area is 57.6 Å². The summed E-state index contributed by atoms with van der Waals surface area (Å²) in [6.45, 7) is 0.516. The zero-order chi connectivity index (χ0) is 6.41. The second kappa shape index (κ2) is 5.12. The molecule has 0 fully saturated rings. The lowest BCUT2D eigenvalue weighted by atomic mass is 10.6. The van der Waals surface area contributed by atoms with E-state index >= 15 is 0 Å². The van der Waals surface area contributed by atoms with Gasteiger partial charge in [-0.3, -0.25) is 0 Å². The van der Waals surface area contributed by atoms with Crippen molar-refractivity contribution in [3.8, 4) is 0 Å². The third-order valence-electron chi connectivity index (χ3n) is 0.670. The molecule has 2 nitrogen and oxygen atoms in total. The quantitative estimate of drug-likeness (QED) is 0.614. The first kappa shape index (κ1) is 7.98. The maximum atomic E-state index is 4.83. The van der Waals surface area contributed by atoms with E-state index in [-0.39, 0.29) is 0 Å². The number of ether oxygens (including phenoxy) is 2. The molecule has 0 saturated heterocycles. The predicted molar refractivity (Wildman–Crippen MR) is 35.9 cm³/mol. The molecule has 3 heteroatoms. The first-order chi connectivity index (χ1) is 3.85. The molecule has 0 N–H and O–H groups in total. The van der Waals surface area contributed by atoms with E-state index in [9.17, 15) is 0 Å². The number of hydrogen-bond donors (Lipinski definition) is 0. The van der Waals surface area contributed by atoms with Crippen molar-refractivity contribution in [1.29, 1.82) is 0 Å². The van der Waals surface area contributed by atoms with Gasteiger partial charge < -0.3 is 9.47 Å². The van der Waals surface area contributed by atoms with Crippen LogP contribution in [-0.4, -0.2) is 20.8 Å². The number of hydrogen-bond acceptors (Lipinski definition) is 2. The number of rotatable bonds is 3. The molecule has 0 spiro atoms. The van der Waals surface area contributed by atoms with Crippen molar-refractivity contribution in [2.45, 2.75) is 0 Å². The Morgan fingerprint density at radius 2 is 2.25 bits per heavy atom. The van der Waals surface area contributed by atoms with E-state index in [1.54, 1.807) is 19.2 Å². The highest BCUT2D eigenvalue weighted by molar-refractivity contribution is 9.11. The highest BCUT2D eigenvalue weighted by atomic mass is 79.9. The van der Waals surface area contributed by atoms with E-state index in [4.69, 9.17) is 9.47 Å². The molecule has 0 aromatic rings. The standard InChI is InChI=1S/C5H9BrO2/c1-7-4-5(3-6)8-2/h3H,4H2,1-2H3/b5-3-. The lowest BCUT2D eigenvalue weighted by Gasteiger charge is -2.00. The van der Waals surface area contributed by atoms with Gasteiger partial charge in [-0.25, -0.2) is 0 Å². The summed E-state index contributed by atoms with van der Waals surface area (Å²) in [7, 11) is 3.22. The number of methoxy groups -OCH3 is 2. The zero-order valence-corrected chi connectivity index (χ0v) is 6.56. The van der Waals surface area contributed by atoms with Crippen LogP contribution in [0.15, 0.2) is 10.7 Å². The third kappa shape index (κ3) is 3.04. The lowest BCUT2D eigenvalue weighted by molar-refractivity contribution is 0.160. The molecule has 8 heavy (non-hydrogen) atoms. The average Bonchev–Trinajstić information content (AvgIpc) is 1.83. The highest BCUT2D eigenvalue weighted by Crippen LogP contribution is 1.98. The Bertz CT molecular complexity index is 80.5. The van der Waals surface area contributed by atoms with Crippen LogP contribution in [0.2, 0.25) is 0 Å². The molecule has 0 bridgehead atoms. The first-order valence-corrected chi connectivity index (χ1v) is 3.09. The van der Waals surface area contributed by atoms with Crippen molar-refractivity contribution in [1.82, 2.24) is 0 Å². The van der Waals surface area contributed by atoms with Crippen molar-refractivity contribution >= 4 is 15.9 Å². The molecule has 0 aliphatic carbocycles. The van der Waals surface area contributed by atoms with E-state index in [2.05, 4.69) is 15.9 Å². The van der Waals surface area contributed by atoms with Crippen molar-refractivity contribution in [2.75, 3.05) is 20.8 Å². The van der Waals surface area contributed by atoms with Crippen LogP contribution in [0, 0.1) is 0 Å². The first-order valence-electron chi connectivity index (χ1n) is 2.17. The predicted octanol–water partition coefficient (Wildman–Crippen LogP) is 1.52. The van der Waals surface area contributed by atoms with Crippen LogP contribution in [0.4, 0.5) is 0 Å². The Balaban J connectivity index is 3.38. The van der Waals surface area contributed by atoms with Crippen molar-refractivity contribution in [2.24, 2.45) is 0 Å². The second-order valence-corrected chi connectivity index (χ2v) is 1.67.